The Bertz CT molecular complexity index is 1130. The van der Waals surface area contributed by atoms with Gasteiger partial charge in [-0.25, -0.2) is 4.98 Å². The van der Waals surface area contributed by atoms with Gasteiger partial charge < -0.3 is 19.9 Å². The first kappa shape index (κ1) is 20.7. The van der Waals surface area contributed by atoms with Gasteiger partial charge in [0, 0.05) is 43.8 Å². The van der Waals surface area contributed by atoms with Gasteiger partial charge in [0.1, 0.15) is 11.4 Å². The number of aliphatic hydroxyl groups excluding tert-OH is 1. The van der Waals surface area contributed by atoms with Gasteiger partial charge in [0.15, 0.2) is 0 Å². The fourth-order valence-corrected chi connectivity index (χ4v) is 4.18. The maximum absolute atomic E-state index is 12.9. The molecule has 0 radical (unpaired) electrons. The molecule has 8 heteroatoms. The third-order valence-corrected chi connectivity index (χ3v) is 5.93. The van der Waals surface area contributed by atoms with Crippen LogP contribution in [-0.4, -0.2) is 57.7 Å². The van der Waals surface area contributed by atoms with E-state index in [1.54, 1.807) is 10.7 Å². The smallest absolute Gasteiger partial charge is 0.270 e. The second-order valence-corrected chi connectivity index (χ2v) is 8.30. The van der Waals surface area contributed by atoms with Gasteiger partial charge in [0.25, 0.3) is 5.91 Å². The van der Waals surface area contributed by atoms with Crippen molar-refractivity contribution in [2.24, 2.45) is 7.05 Å². The van der Waals surface area contributed by atoms with E-state index in [-0.39, 0.29) is 5.91 Å². The van der Waals surface area contributed by atoms with Gasteiger partial charge in [0.05, 0.1) is 36.7 Å². The lowest BCUT2D eigenvalue weighted by Crippen LogP contribution is -2.49. The van der Waals surface area contributed by atoms with Crippen molar-refractivity contribution in [3.05, 3.63) is 65.1 Å². The minimum atomic E-state index is -0.609. The summed E-state index contributed by atoms with van der Waals surface area (Å²) in [5, 5.41) is 17.4. The number of benzene rings is 1. The van der Waals surface area contributed by atoms with Crippen LogP contribution in [0.15, 0.2) is 42.6 Å². The average molecular weight is 434 g/mol. The zero-order chi connectivity index (χ0) is 22.1. The molecule has 0 unspecified atom stereocenters. The lowest BCUT2D eigenvalue weighted by Gasteiger charge is -2.28. The normalized spacial score (nSPS) is 19.9. The topological polar surface area (TPSA) is 98.5 Å². The molecule has 2 aliphatic heterocycles. The summed E-state index contributed by atoms with van der Waals surface area (Å²) in [6, 6.07) is 11.6. The van der Waals surface area contributed by atoms with Crippen molar-refractivity contribution in [1.29, 1.82) is 0 Å². The zero-order valence-electron chi connectivity index (χ0n) is 18.0. The van der Waals surface area contributed by atoms with E-state index in [1.807, 2.05) is 19.3 Å². The zero-order valence-corrected chi connectivity index (χ0v) is 18.0. The molecule has 0 bridgehead atoms. The number of carbonyl (C=O) groups is 1. The Hall–Kier alpha value is -3.23. The van der Waals surface area contributed by atoms with E-state index in [2.05, 4.69) is 39.7 Å². The van der Waals surface area contributed by atoms with Crippen LogP contribution in [-0.2, 0) is 24.6 Å². The summed E-state index contributed by atoms with van der Waals surface area (Å²) in [7, 11) is 1.90. The van der Waals surface area contributed by atoms with E-state index in [9.17, 15) is 9.90 Å². The minimum absolute atomic E-state index is 0.302. The van der Waals surface area contributed by atoms with Crippen molar-refractivity contribution in [2.75, 3.05) is 19.8 Å². The van der Waals surface area contributed by atoms with Gasteiger partial charge >= 0.3 is 0 Å². The molecule has 1 amide bonds. The van der Waals surface area contributed by atoms with Crippen LogP contribution in [0.5, 0.6) is 5.75 Å². The monoisotopic (exact) mass is 434 g/mol. The maximum atomic E-state index is 12.9. The highest BCUT2D eigenvalue weighted by Crippen LogP contribution is 2.31. The van der Waals surface area contributed by atoms with Crippen LogP contribution in [0.4, 0.5) is 0 Å². The van der Waals surface area contributed by atoms with E-state index in [4.69, 9.17) is 9.47 Å². The number of ether oxygens (including phenoxy) is 2. The van der Waals surface area contributed by atoms with Crippen molar-refractivity contribution < 1.29 is 19.4 Å². The third kappa shape index (κ3) is 4.24. The van der Waals surface area contributed by atoms with Crippen molar-refractivity contribution in [1.82, 2.24) is 20.1 Å². The molecular weight excluding hydrogens is 408 g/mol. The van der Waals surface area contributed by atoms with Gasteiger partial charge in [-0.3, -0.25) is 9.48 Å². The third-order valence-electron chi connectivity index (χ3n) is 5.93. The van der Waals surface area contributed by atoms with Crippen LogP contribution < -0.4 is 10.1 Å². The number of nitrogens with one attached hydrogen (secondary N) is 1. The molecule has 2 N–H and O–H groups in total. The number of hydrogen-bond donors (Lipinski definition) is 2. The van der Waals surface area contributed by atoms with E-state index in [0.717, 1.165) is 33.8 Å². The summed E-state index contributed by atoms with van der Waals surface area (Å²) in [5.41, 5.74) is 5.17. The number of carbonyl (C=O) groups excluding carboxylic acids is 1. The predicted molar refractivity (Wildman–Crippen MR) is 118 cm³/mol. The van der Waals surface area contributed by atoms with E-state index in [1.165, 1.54) is 0 Å². The highest BCUT2D eigenvalue weighted by atomic mass is 16.5. The standard InChI is InChI=1S/C24H26N4O4/c1-28-9-6-18(27-28)16-4-2-15(3-5-16)12-17-13-20(25-19-7-11-32-23(17)19)24(30)26-21-14-31-10-8-22(21)29/h2-6,9,13,21-22,29H,7-8,10-12,14H2,1H3,(H,26,30)/t21-,22-/m0/s1. The van der Waals surface area contributed by atoms with Crippen LogP contribution >= 0.6 is 0 Å². The first-order valence-corrected chi connectivity index (χ1v) is 10.9. The summed E-state index contributed by atoms with van der Waals surface area (Å²) < 4.78 is 13.0. The number of aromatic nitrogens is 3. The van der Waals surface area contributed by atoms with Crippen LogP contribution in [0.3, 0.4) is 0 Å². The molecule has 166 valence electrons. The molecule has 1 aromatic carbocycles. The molecule has 0 spiro atoms. The van der Waals surface area contributed by atoms with Crippen LogP contribution in [0.2, 0.25) is 0 Å². The summed E-state index contributed by atoms with van der Waals surface area (Å²) >= 11 is 0. The Kier molecular flexibility index (Phi) is 5.63. The van der Waals surface area contributed by atoms with Gasteiger partial charge in [-0.05, 0) is 24.1 Å². The van der Waals surface area contributed by atoms with Gasteiger partial charge in [0.2, 0.25) is 0 Å². The van der Waals surface area contributed by atoms with Crippen molar-refractivity contribution in [3.8, 4) is 17.0 Å². The number of aryl methyl sites for hydroxylation is 1. The molecule has 2 atom stereocenters. The molecular formula is C24H26N4O4. The quantitative estimate of drug-likeness (QED) is 0.636. The van der Waals surface area contributed by atoms with Crippen molar-refractivity contribution in [3.63, 3.8) is 0 Å². The Labute approximate surface area is 186 Å². The predicted octanol–water partition coefficient (Wildman–Crippen LogP) is 1.89. The SMILES string of the molecule is Cn1ccc(-c2ccc(Cc3cc(C(=O)N[C@H]4COCC[C@@H]4O)nc4c3OCC4)cc2)n1. The first-order chi connectivity index (χ1) is 15.6. The molecule has 2 aliphatic rings. The van der Waals surface area contributed by atoms with Gasteiger partial charge in [-0.15, -0.1) is 0 Å². The van der Waals surface area contributed by atoms with Crippen molar-refractivity contribution in [2.45, 2.75) is 31.4 Å². The van der Waals surface area contributed by atoms with Crippen LogP contribution in [0, 0.1) is 0 Å². The second-order valence-electron chi connectivity index (χ2n) is 8.30. The number of hydrogen-bond acceptors (Lipinski definition) is 6. The average Bonchev–Trinajstić information content (AvgIpc) is 3.45. The first-order valence-electron chi connectivity index (χ1n) is 10.9. The Balaban J connectivity index is 1.36. The Morgan fingerprint density at radius 3 is 2.84 bits per heavy atom. The molecule has 5 rings (SSSR count). The van der Waals surface area contributed by atoms with E-state index >= 15 is 0 Å². The number of aliphatic hydroxyl groups is 1. The summed E-state index contributed by atoms with van der Waals surface area (Å²) in [6.45, 7) is 1.37. The molecule has 32 heavy (non-hydrogen) atoms. The molecule has 2 aromatic heterocycles. The lowest BCUT2D eigenvalue weighted by molar-refractivity contribution is -0.0140. The Morgan fingerprint density at radius 1 is 1.25 bits per heavy atom. The molecule has 0 aliphatic carbocycles. The van der Waals surface area contributed by atoms with Gasteiger partial charge in [-0.2, -0.15) is 5.10 Å². The summed E-state index contributed by atoms with van der Waals surface area (Å²) in [6.07, 6.45) is 3.13. The van der Waals surface area contributed by atoms with Crippen LogP contribution in [0.1, 0.15) is 33.7 Å². The van der Waals surface area contributed by atoms with E-state index in [0.29, 0.717) is 44.8 Å². The fraction of sp³-hybridized carbons (Fsp3) is 0.375. The van der Waals surface area contributed by atoms with Gasteiger partial charge in [-0.1, -0.05) is 24.3 Å². The number of rotatable bonds is 5. The molecule has 0 saturated carbocycles. The maximum Gasteiger partial charge on any atom is 0.270 e. The molecule has 1 saturated heterocycles. The fourth-order valence-electron chi connectivity index (χ4n) is 4.18. The lowest BCUT2D eigenvalue weighted by atomic mass is 10.0. The molecule has 4 heterocycles. The van der Waals surface area contributed by atoms with Crippen LogP contribution in [0.25, 0.3) is 11.3 Å². The van der Waals surface area contributed by atoms with Crippen molar-refractivity contribution >= 4 is 5.91 Å². The number of pyridine rings is 1. The van der Waals surface area contributed by atoms with E-state index < -0.39 is 12.1 Å². The largest absolute Gasteiger partial charge is 0.491 e. The minimum Gasteiger partial charge on any atom is -0.491 e. The molecule has 1 fully saturated rings. The Morgan fingerprint density at radius 2 is 2.09 bits per heavy atom. The highest BCUT2D eigenvalue weighted by Gasteiger charge is 2.28. The number of fused-ring (bicyclic) bond motifs is 1. The highest BCUT2D eigenvalue weighted by molar-refractivity contribution is 5.93. The summed E-state index contributed by atoms with van der Waals surface area (Å²) in [5.74, 6) is 0.470. The number of amides is 1. The second kappa shape index (κ2) is 8.72. The number of nitrogens with zero attached hydrogens (tertiary/aromatic N) is 3. The molecule has 3 aromatic rings. The summed E-state index contributed by atoms with van der Waals surface area (Å²) in [4.78, 5) is 17.4. The molecule has 8 nitrogen and oxygen atoms in total.